The highest BCUT2D eigenvalue weighted by Gasteiger charge is 2.14. The van der Waals surface area contributed by atoms with Gasteiger partial charge in [0.2, 0.25) is 5.91 Å². The number of hydrogen-bond donors (Lipinski definition) is 1. The van der Waals surface area contributed by atoms with Gasteiger partial charge in [-0.1, -0.05) is 19.6 Å². The summed E-state index contributed by atoms with van der Waals surface area (Å²) < 4.78 is 7.49. The molecule has 0 spiro atoms. The molecular formula is C18H27ClN4O2Si. The highest BCUT2D eigenvalue weighted by Crippen LogP contribution is 2.22. The van der Waals surface area contributed by atoms with E-state index >= 15 is 0 Å². The van der Waals surface area contributed by atoms with Crippen molar-refractivity contribution < 1.29 is 9.53 Å². The zero-order valence-electron chi connectivity index (χ0n) is 15.7. The largest absolute Gasteiger partial charge is 0.359 e. The number of anilines is 1. The quantitative estimate of drug-likeness (QED) is 0.372. The molecule has 0 aliphatic carbocycles. The Labute approximate surface area is 160 Å². The molecule has 0 aromatic carbocycles. The van der Waals surface area contributed by atoms with Crippen LogP contribution in [0.3, 0.4) is 0 Å². The Hall–Kier alpha value is -1.70. The third-order valence-corrected chi connectivity index (χ3v) is 5.74. The number of pyridine rings is 1. The minimum Gasteiger partial charge on any atom is -0.359 e. The van der Waals surface area contributed by atoms with Crippen LogP contribution in [-0.2, 0) is 16.3 Å². The van der Waals surface area contributed by atoms with E-state index in [9.17, 15) is 4.79 Å². The van der Waals surface area contributed by atoms with Crippen LogP contribution in [0.5, 0.6) is 0 Å². The molecule has 0 radical (unpaired) electrons. The molecule has 0 aliphatic rings. The monoisotopic (exact) mass is 394 g/mol. The molecule has 142 valence electrons. The summed E-state index contributed by atoms with van der Waals surface area (Å²) in [7, 11) is -1.14. The standard InChI is InChI=1S/C18H27ClN4O2Si/c1-26(2,3)12-11-25-14-23-17(21-18(24)5-4-8-19)13-16(22-23)15-6-9-20-10-7-15/h6-7,9-10,13H,4-5,8,11-12,14H2,1-3H3,(H,21,24). The van der Waals surface area contributed by atoms with Crippen LogP contribution in [0.25, 0.3) is 11.3 Å². The van der Waals surface area contributed by atoms with E-state index in [1.54, 1.807) is 17.1 Å². The molecule has 2 aromatic rings. The van der Waals surface area contributed by atoms with Gasteiger partial charge in [0.25, 0.3) is 0 Å². The number of ether oxygens (including phenoxy) is 1. The lowest BCUT2D eigenvalue weighted by molar-refractivity contribution is -0.116. The molecule has 8 heteroatoms. The van der Waals surface area contributed by atoms with Crippen molar-refractivity contribution in [3.05, 3.63) is 30.6 Å². The van der Waals surface area contributed by atoms with E-state index in [-0.39, 0.29) is 5.91 Å². The van der Waals surface area contributed by atoms with Gasteiger partial charge in [-0.3, -0.25) is 9.78 Å². The highest BCUT2D eigenvalue weighted by atomic mass is 35.5. The Kier molecular flexibility index (Phi) is 7.80. The van der Waals surface area contributed by atoms with Gasteiger partial charge in [-0.15, -0.1) is 11.6 Å². The Morgan fingerprint density at radius 2 is 2.04 bits per heavy atom. The second kappa shape index (κ2) is 9.85. The summed E-state index contributed by atoms with van der Waals surface area (Å²) >= 11 is 5.67. The number of carbonyl (C=O) groups is 1. The summed E-state index contributed by atoms with van der Waals surface area (Å²) in [6, 6.07) is 6.72. The minimum atomic E-state index is -1.14. The molecule has 0 saturated carbocycles. The molecule has 2 heterocycles. The highest BCUT2D eigenvalue weighted by molar-refractivity contribution is 6.76. The zero-order valence-corrected chi connectivity index (χ0v) is 17.4. The predicted octanol–water partition coefficient (Wildman–Crippen LogP) is 4.21. The van der Waals surface area contributed by atoms with Gasteiger partial charge < -0.3 is 10.1 Å². The van der Waals surface area contributed by atoms with Gasteiger partial charge in [-0.2, -0.15) is 5.10 Å². The number of aromatic nitrogens is 3. The van der Waals surface area contributed by atoms with Crippen molar-refractivity contribution in [3.8, 4) is 11.3 Å². The van der Waals surface area contributed by atoms with E-state index in [2.05, 4.69) is 35.0 Å². The summed E-state index contributed by atoms with van der Waals surface area (Å²) in [5, 5.41) is 7.49. The maximum atomic E-state index is 12.1. The van der Waals surface area contributed by atoms with Crippen molar-refractivity contribution in [2.75, 3.05) is 17.8 Å². The Morgan fingerprint density at radius 1 is 1.31 bits per heavy atom. The SMILES string of the molecule is C[Si](C)(C)CCOCn1nc(-c2ccncc2)cc1NC(=O)CCCCl. The first kappa shape index (κ1) is 20.6. The fourth-order valence-electron chi connectivity index (χ4n) is 2.24. The smallest absolute Gasteiger partial charge is 0.225 e. The average Bonchev–Trinajstić information content (AvgIpc) is 2.99. The van der Waals surface area contributed by atoms with E-state index in [1.165, 1.54) is 0 Å². The number of hydrogen-bond acceptors (Lipinski definition) is 4. The maximum Gasteiger partial charge on any atom is 0.225 e. The van der Waals surface area contributed by atoms with Crippen molar-refractivity contribution in [1.29, 1.82) is 0 Å². The molecule has 0 aliphatic heterocycles. The second-order valence-corrected chi connectivity index (χ2v) is 13.3. The Balaban J connectivity index is 2.09. The summed E-state index contributed by atoms with van der Waals surface area (Å²) in [5.74, 6) is 1.02. The van der Waals surface area contributed by atoms with Gasteiger partial charge in [-0.05, 0) is 24.6 Å². The maximum absolute atomic E-state index is 12.1. The van der Waals surface area contributed by atoms with Gasteiger partial charge in [0.1, 0.15) is 12.5 Å². The molecule has 2 aromatic heterocycles. The number of nitrogens with one attached hydrogen (secondary N) is 1. The average molecular weight is 395 g/mol. The molecule has 1 N–H and O–H groups in total. The van der Waals surface area contributed by atoms with E-state index in [0.29, 0.717) is 37.9 Å². The van der Waals surface area contributed by atoms with Crippen LogP contribution in [0.1, 0.15) is 12.8 Å². The van der Waals surface area contributed by atoms with E-state index in [0.717, 1.165) is 17.3 Å². The third-order valence-electron chi connectivity index (χ3n) is 3.77. The molecule has 1 amide bonds. The first-order valence-corrected chi connectivity index (χ1v) is 13.0. The molecule has 26 heavy (non-hydrogen) atoms. The fourth-order valence-corrected chi connectivity index (χ4v) is 3.13. The first-order chi connectivity index (χ1) is 12.4. The molecule has 0 bridgehead atoms. The molecule has 2 rings (SSSR count). The Morgan fingerprint density at radius 3 is 2.69 bits per heavy atom. The van der Waals surface area contributed by atoms with Crippen LogP contribution in [-0.4, -0.2) is 41.2 Å². The number of rotatable bonds is 10. The number of amides is 1. The lowest BCUT2D eigenvalue weighted by Crippen LogP contribution is -2.22. The van der Waals surface area contributed by atoms with Crippen molar-refractivity contribution in [3.63, 3.8) is 0 Å². The van der Waals surface area contributed by atoms with Gasteiger partial charge in [-0.25, -0.2) is 4.68 Å². The summed E-state index contributed by atoms with van der Waals surface area (Å²) in [4.78, 5) is 16.1. The fraction of sp³-hybridized carbons (Fsp3) is 0.500. The lowest BCUT2D eigenvalue weighted by atomic mass is 10.2. The molecular weight excluding hydrogens is 368 g/mol. The van der Waals surface area contributed by atoms with Crippen LogP contribution >= 0.6 is 11.6 Å². The van der Waals surface area contributed by atoms with Crippen LogP contribution in [0, 0.1) is 0 Å². The van der Waals surface area contributed by atoms with Crippen molar-refractivity contribution >= 4 is 31.4 Å². The van der Waals surface area contributed by atoms with Crippen molar-refractivity contribution in [2.24, 2.45) is 0 Å². The van der Waals surface area contributed by atoms with Gasteiger partial charge in [0.15, 0.2) is 0 Å². The number of carbonyl (C=O) groups excluding carboxylic acids is 1. The van der Waals surface area contributed by atoms with E-state index in [4.69, 9.17) is 16.3 Å². The van der Waals surface area contributed by atoms with E-state index < -0.39 is 8.07 Å². The molecule has 6 nitrogen and oxygen atoms in total. The lowest BCUT2D eigenvalue weighted by Gasteiger charge is -2.16. The number of nitrogens with zero attached hydrogens (tertiary/aromatic N) is 3. The van der Waals surface area contributed by atoms with Crippen LogP contribution < -0.4 is 5.32 Å². The number of alkyl halides is 1. The minimum absolute atomic E-state index is 0.0739. The van der Waals surface area contributed by atoms with Crippen molar-refractivity contribution in [1.82, 2.24) is 14.8 Å². The summed E-state index contributed by atoms with van der Waals surface area (Å²) in [6.07, 6.45) is 4.47. The normalized spacial score (nSPS) is 11.5. The van der Waals surface area contributed by atoms with Crippen LogP contribution in [0.4, 0.5) is 5.82 Å². The van der Waals surface area contributed by atoms with Crippen LogP contribution in [0.15, 0.2) is 30.6 Å². The summed E-state index contributed by atoms with van der Waals surface area (Å²) in [5.41, 5.74) is 1.71. The topological polar surface area (TPSA) is 69.0 Å². The molecule has 0 unspecified atom stereocenters. The zero-order chi connectivity index (χ0) is 19.0. The molecule has 0 atom stereocenters. The molecule has 0 saturated heterocycles. The summed E-state index contributed by atoms with van der Waals surface area (Å²) in [6.45, 7) is 7.94. The first-order valence-electron chi connectivity index (χ1n) is 8.81. The second-order valence-electron chi connectivity index (χ2n) is 7.34. The third kappa shape index (κ3) is 6.90. The van der Waals surface area contributed by atoms with Crippen molar-refractivity contribution in [2.45, 2.75) is 45.3 Å². The van der Waals surface area contributed by atoms with Crippen LogP contribution in [0.2, 0.25) is 25.7 Å². The van der Waals surface area contributed by atoms with Gasteiger partial charge >= 0.3 is 0 Å². The van der Waals surface area contributed by atoms with Gasteiger partial charge in [0, 0.05) is 51.0 Å². The van der Waals surface area contributed by atoms with Gasteiger partial charge in [0.05, 0.1) is 5.69 Å². The molecule has 0 fully saturated rings. The Bertz CT molecular complexity index is 701. The number of halogens is 1. The van der Waals surface area contributed by atoms with E-state index in [1.807, 2.05) is 18.2 Å². The predicted molar refractivity (Wildman–Crippen MR) is 108 cm³/mol.